The molecule has 0 amide bonds. The van der Waals surface area contributed by atoms with Gasteiger partial charge in [0, 0.05) is 18.5 Å². The van der Waals surface area contributed by atoms with Crippen LogP contribution in [0.1, 0.15) is 33.4 Å². The van der Waals surface area contributed by atoms with E-state index in [9.17, 15) is 9.90 Å². The number of carboxylic acids is 1. The molecule has 2 rings (SSSR count). The number of rotatable bonds is 3. The van der Waals surface area contributed by atoms with Gasteiger partial charge in [-0.25, -0.2) is 4.98 Å². The molecular formula is C13H20N2O2S. The van der Waals surface area contributed by atoms with Crippen LogP contribution < -0.4 is 4.90 Å². The van der Waals surface area contributed by atoms with E-state index < -0.39 is 11.4 Å². The predicted molar refractivity (Wildman–Crippen MR) is 73.3 cm³/mol. The van der Waals surface area contributed by atoms with Gasteiger partial charge in [0.05, 0.1) is 5.69 Å². The van der Waals surface area contributed by atoms with E-state index in [2.05, 4.69) is 23.7 Å². The van der Waals surface area contributed by atoms with Crippen molar-refractivity contribution >= 4 is 22.4 Å². The summed E-state index contributed by atoms with van der Waals surface area (Å²) in [7, 11) is 0. The average molecular weight is 268 g/mol. The summed E-state index contributed by atoms with van der Waals surface area (Å²) < 4.78 is 0. The van der Waals surface area contributed by atoms with Gasteiger partial charge in [0.2, 0.25) is 0 Å². The van der Waals surface area contributed by atoms with Gasteiger partial charge >= 0.3 is 5.97 Å². The fraction of sp³-hybridized carbons (Fsp3) is 0.692. The first kappa shape index (κ1) is 13.3. The van der Waals surface area contributed by atoms with Crippen molar-refractivity contribution in [2.45, 2.75) is 33.1 Å². The van der Waals surface area contributed by atoms with E-state index in [1.807, 2.05) is 5.38 Å². The Morgan fingerprint density at radius 2 is 2.00 bits per heavy atom. The molecule has 1 aromatic rings. The second kappa shape index (κ2) is 4.53. The molecule has 0 saturated carbocycles. The van der Waals surface area contributed by atoms with Crippen LogP contribution in [-0.4, -0.2) is 29.1 Å². The zero-order chi connectivity index (χ0) is 13.5. The molecule has 1 aliphatic heterocycles. The highest BCUT2D eigenvalue weighted by Crippen LogP contribution is 2.33. The van der Waals surface area contributed by atoms with Crippen molar-refractivity contribution in [1.29, 1.82) is 0 Å². The van der Waals surface area contributed by atoms with Crippen molar-refractivity contribution in [3.8, 4) is 0 Å². The zero-order valence-electron chi connectivity index (χ0n) is 11.3. The Balaban J connectivity index is 2.19. The van der Waals surface area contributed by atoms with Gasteiger partial charge in [-0.3, -0.25) is 4.79 Å². The molecule has 2 atom stereocenters. The minimum atomic E-state index is -0.911. The maximum Gasteiger partial charge on any atom is 0.315 e. The quantitative estimate of drug-likeness (QED) is 0.915. The van der Waals surface area contributed by atoms with E-state index >= 15 is 0 Å². The average Bonchev–Trinajstić information content (AvgIpc) is 2.86. The van der Waals surface area contributed by atoms with E-state index in [0.717, 1.165) is 18.2 Å². The molecule has 4 nitrogen and oxygen atoms in total. The first-order chi connectivity index (χ1) is 8.32. The topological polar surface area (TPSA) is 53.4 Å². The summed E-state index contributed by atoms with van der Waals surface area (Å²) in [5, 5.41) is 12.0. The SMILES string of the molecule is CC1CN(c2nc(C(C)(C)C(=O)O)cs2)CC1C. The Hall–Kier alpha value is -1.10. The number of hydrogen-bond donors (Lipinski definition) is 1. The third-order valence-electron chi connectivity index (χ3n) is 3.93. The van der Waals surface area contributed by atoms with Crippen LogP contribution in [0.5, 0.6) is 0 Å². The van der Waals surface area contributed by atoms with E-state index in [1.54, 1.807) is 25.2 Å². The monoisotopic (exact) mass is 268 g/mol. The Kier molecular flexibility index (Phi) is 3.36. The Morgan fingerprint density at radius 1 is 1.44 bits per heavy atom. The number of hydrogen-bond acceptors (Lipinski definition) is 4. The van der Waals surface area contributed by atoms with Gasteiger partial charge in [-0.15, -0.1) is 11.3 Å². The molecule has 1 aromatic heterocycles. The van der Waals surface area contributed by atoms with Crippen molar-refractivity contribution < 1.29 is 9.90 Å². The van der Waals surface area contributed by atoms with Crippen LogP contribution in [0.25, 0.3) is 0 Å². The molecule has 2 heterocycles. The van der Waals surface area contributed by atoms with E-state index in [4.69, 9.17) is 0 Å². The van der Waals surface area contributed by atoms with Gasteiger partial charge in [0.25, 0.3) is 0 Å². The number of carboxylic acid groups (broad SMARTS) is 1. The number of thiazole rings is 1. The molecule has 100 valence electrons. The van der Waals surface area contributed by atoms with Crippen molar-refractivity contribution in [3.05, 3.63) is 11.1 Å². The first-order valence-corrected chi connectivity index (χ1v) is 7.14. The molecule has 5 heteroatoms. The molecule has 1 saturated heterocycles. The van der Waals surface area contributed by atoms with Gasteiger partial charge < -0.3 is 10.0 Å². The number of nitrogens with zero attached hydrogens (tertiary/aromatic N) is 2. The lowest BCUT2D eigenvalue weighted by Gasteiger charge is -2.17. The summed E-state index contributed by atoms with van der Waals surface area (Å²) in [6, 6.07) is 0. The van der Waals surface area contributed by atoms with Crippen LogP contribution in [0.4, 0.5) is 5.13 Å². The van der Waals surface area contributed by atoms with Crippen LogP contribution in [0.15, 0.2) is 5.38 Å². The molecule has 18 heavy (non-hydrogen) atoms. The third-order valence-corrected chi connectivity index (χ3v) is 4.83. The van der Waals surface area contributed by atoms with E-state index in [1.165, 1.54) is 0 Å². The van der Waals surface area contributed by atoms with Crippen LogP contribution in [0.3, 0.4) is 0 Å². The van der Waals surface area contributed by atoms with Gasteiger partial charge in [0.15, 0.2) is 5.13 Å². The number of aliphatic carboxylic acids is 1. The van der Waals surface area contributed by atoms with Crippen molar-refractivity contribution in [3.63, 3.8) is 0 Å². The second-order valence-corrected chi connectivity index (χ2v) is 6.64. The molecule has 0 radical (unpaired) electrons. The van der Waals surface area contributed by atoms with Crippen LogP contribution in [0.2, 0.25) is 0 Å². The summed E-state index contributed by atoms with van der Waals surface area (Å²) in [6.07, 6.45) is 0. The second-order valence-electron chi connectivity index (χ2n) is 5.81. The molecule has 1 N–H and O–H groups in total. The molecule has 0 aliphatic carbocycles. The molecule has 0 bridgehead atoms. The summed E-state index contributed by atoms with van der Waals surface area (Å²) in [6.45, 7) is 9.93. The van der Waals surface area contributed by atoms with Crippen molar-refractivity contribution in [1.82, 2.24) is 4.98 Å². The minimum absolute atomic E-state index is 0.655. The van der Waals surface area contributed by atoms with Gasteiger partial charge in [-0.1, -0.05) is 13.8 Å². The summed E-state index contributed by atoms with van der Waals surface area (Å²) in [5.74, 6) is 0.511. The molecule has 0 spiro atoms. The van der Waals surface area contributed by atoms with Crippen LogP contribution in [-0.2, 0) is 10.2 Å². The lowest BCUT2D eigenvalue weighted by Crippen LogP contribution is -2.29. The van der Waals surface area contributed by atoms with Crippen molar-refractivity contribution in [2.75, 3.05) is 18.0 Å². The standard InChI is InChI=1S/C13H20N2O2S/c1-8-5-15(6-9(8)2)12-14-10(7-18-12)13(3,4)11(16)17/h7-9H,5-6H2,1-4H3,(H,16,17). The minimum Gasteiger partial charge on any atom is -0.481 e. The lowest BCUT2D eigenvalue weighted by atomic mass is 9.90. The van der Waals surface area contributed by atoms with Crippen LogP contribution in [0, 0.1) is 11.8 Å². The smallest absolute Gasteiger partial charge is 0.315 e. The highest BCUT2D eigenvalue weighted by molar-refractivity contribution is 7.13. The Bertz CT molecular complexity index is 446. The molecule has 1 aliphatic rings. The maximum atomic E-state index is 11.2. The molecule has 1 fully saturated rings. The normalized spacial score (nSPS) is 24.6. The van der Waals surface area contributed by atoms with Gasteiger partial charge in [-0.05, 0) is 25.7 Å². The van der Waals surface area contributed by atoms with Crippen molar-refractivity contribution in [2.24, 2.45) is 11.8 Å². The molecule has 2 unspecified atom stereocenters. The number of aromatic nitrogens is 1. The number of carbonyl (C=O) groups is 1. The van der Waals surface area contributed by atoms with Gasteiger partial charge in [-0.2, -0.15) is 0 Å². The third kappa shape index (κ3) is 2.23. The van der Waals surface area contributed by atoms with E-state index in [-0.39, 0.29) is 0 Å². The zero-order valence-corrected chi connectivity index (χ0v) is 12.1. The molecular weight excluding hydrogens is 248 g/mol. The predicted octanol–water partition coefficient (Wildman–Crippen LogP) is 2.60. The summed E-state index contributed by atoms with van der Waals surface area (Å²) >= 11 is 1.55. The first-order valence-electron chi connectivity index (χ1n) is 6.26. The Morgan fingerprint density at radius 3 is 2.50 bits per heavy atom. The fourth-order valence-electron chi connectivity index (χ4n) is 2.09. The largest absolute Gasteiger partial charge is 0.481 e. The van der Waals surface area contributed by atoms with Gasteiger partial charge in [0.1, 0.15) is 5.41 Å². The molecule has 0 aromatic carbocycles. The lowest BCUT2D eigenvalue weighted by molar-refractivity contribution is -0.142. The highest BCUT2D eigenvalue weighted by atomic mass is 32.1. The Labute approximate surface area is 112 Å². The summed E-state index contributed by atoms with van der Waals surface area (Å²) in [4.78, 5) is 18.0. The fourth-order valence-corrected chi connectivity index (χ4v) is 3.11. The van der Waals surface area contributed by atoms with Crippen LogP contribution >= 0.6 is 11.3 Å². The van der Waals surface area contributed by atoms with E-state index in [0.29, 0.717) is 17.5 Å². The number of anilines is 1. The highest BCUT2D eigenvalue weighted by Gasteiger charge is 2.34. The summed E-state index contributed by atoms with van der Waals surface area (Å²) in [5.41, 5.74) is -0.256. The maximum absolute atomic E-state index is 11.2.